The Morgan fingerprint density at radius 1 is 0.742 bits per heavy atom. The van der Waals surface area contributed by atoms with Crippen LogP contribution in [0.25, 0.3) is 0 Å². The van der Waals surface area contributed by atoms with Crippen molar-refractivity contribution in [3.8, 4) is 5.75 Å². The van der Waals surface area contributed by atoms with Gasteiger partial charge in [0, 0.05) is 12.8 Å². The molecule has 0 aliphatic carbocycles. The van der Waals surface area contributed by atoms with Crippen molar-refractivity contribution in [1.82, 2.24) is 0 Å². The molecule has 0 fully saturated rings. The Labute approximate surface area is 189 Å². The maximum absolute atomic E-state index is 10.8. The van der Waals surface area contributed by atoms with Crippen molar-refractivity contribution >= 4 is 11.9 Å². The average molecular weight is 437 g/mol. The number of carbonyl (C=O) groups is 2. The number of phenolic OH excluding ortho intramolecular Hbond substituents is 1. The fraction of sp³-hybridized carbons (Fsp3) is 0.692. The Morgan fingerprint density at radius 2 is 1.10 bits per heavy atom. The van der Waals surface area contributed by atoms with Crippen molar-refractivity contribution in [2.24, 2.45) is 0 Å². The van der Waals surface area contributed by atoms with Crippen LogP contribution in [0.2, 0.25) is 0 Å². The fourth-order valence-electron chi connectivity index (χ4n) is 2.89. The van der Waals surface area contributed by atoms with E-state index in [0.29, 0.717) is 31.8 Å². The van der Waals surface area contributed by atoms with Crippen LogP contribution in [0.15, 0.2) is 18.2 Å². The second-order valence-corrected chi connectivity index (χ2v) is 9.76. The van der Waals surface area contributed by atoms with Gasteiger partial charge in [-0.15, -0.1) is 0 Å². The molecule has 0 aromatic heterocycles. The van der Waals surface area contributed by atoms with Gasteiger partial charge in [0.2, 0.25) is 0 Å². The lowest BCUT2D eigenvalue weighted by atomic mass is 9.80. The summed E-state index contributed by atoms with van der Waals surface area (Å²) in [5.74, 6) is 0.172. The highest BCUT2D eigenvalue weighted by Crippen LogP contribution is 2.38. The van der Waals surface area contributed by atoms with Crippen molar-refractivity contribution < 1.29 is 24.2 Å². The van der Waals surface area contributed by atoms with E-state index >= 15 is 0 Å². The van der Waals surface area contributed by atoms with Gasteiger partial charge in [0.15, 0.2) is 0 Å². The lowest BCUT2D eigenvalue weighted by Gasteiger charge is -2.26. The molecular weight excluding hydrogens is 392 g/mol. The van der Waals surface area contributed by atoms with Crippen LogP contribution in [0.5, 0.6) is 5.75 Å². The van der Waals surface area contributed by atoms with Crippen molar-refractivity contribution in [2.75, 3.05) is 13.2 Å². The number of unbranched alkanes of at least 4 members (excludes halogenated alkanes) is 3. The SMILES string of the molecule is CC(C)(C)c1cccc(C(C)(C)C)c1O.CCC(=O)OCCCCCCOC(=O)CC. The molecule has 178 valence electrons. The average Bonchev–Trinajstić information content (AvgIpc) is 2.68. The number of para-hydroxylation sites is 1. The molecule has 1 rings (SSSR count). The lowest BCUT2D eigenvalue weighted by Crippen LogP contribution is -2.16. The molecule has 0 bridgehead atoms. The summed E-state index contributed by atoms with van der Waals surface area (Å²) >= 11 is 0. The maximum atomic E-state index is 10.8. The van der Waals surface area contributed by atoms with Gasteiger partial charge in [-0.2, -0.15) is 0 Å². The molecule has 0 spiro atoms. The van der Waals surface area contributed by atoms with Crippen LogP contribution in [-0.4, -0.2) is 30.3 Å². The third-order valence-electron chi connectivity index (χ3n) is 4.79. The first-order chi connectivity index (χ1) is 14.3. The third-order valence-corrected chi connectivity index (χ3v) is 4.79. The summed E-state index contributed by atoms with van der Waals surface area (Å²) in [4.78, 5) is 21.6. The summed E-state index contributed by atoms with van der Waals surface area (Å²) in [6.07, 6.45) is 4.64. The molecular formula is C26H44O5. The van der Waals surface area contributed by atoms with Gasteiger partial charge < -0.3 is 14.6 Å². The Bertz CT molecular complexity index is 611. The van der Waals surface area contributed by atoms with E-state index in [1.54, 1.807) is 13.8 Å². The first kappa shape index (κ1) is 29.0. The molecule has 0 atom stereocenters. The Kier molecular flexibility index (Phi) is 13.2. The lowest BCUT2D eigenvalue weighted by molar-refractivity contribution is -0.144. The number of hydrogen-bond donors (Lipinski definition) is 1. The number of aromatic hydroxyl groups is 1. The third kappa shape index (κ3) is 12.4. The van der Waals surface area contributed by atoms with E-state index in [1.165, 1.54) is 0 Å². The fourth-order valence-corrected chi connectivity index (χ4v) is 2.89. The second kappa shape index (κ2) is 14.1. The largest absolute Gasteiger partial charge is 0.507 e. The number of ether oxygens (including phenoxy) is 2. The summed E-state index contributed by atoms with van der Waals surface area (Å²) in [5, 5.41) is 10.3. The van der Waals surface area contributed by atoms with Crippen LogP contribution in [0, 0.1) is 0 Å². The maximum Gasteiger partial charge on any atom is 0.305 e. The van der Waals surface area contributed by atoms with E-state index < -0.39 is 0 Å². The number of phenols is 1. The monoisotopic (exact) mass is 436 g/mol. The highest BCUT2D eigenvalue weighted by Gasteiger charge is 2.24. The topological polar surface area (TPSA) is 72.8 Å². The van der Waals surface area contributed by atoms with Crippen molar-refractivity contribution in [3.05, 3.63) is 29.3 Å². The van der Waals surface area contributed by atoms with E-state index in [0.717, 1.165) is 36.8 Å². The molecule has 1 N–H and O–H groups in total. The summed E-state index contributed by atoms with van der Waals surface area (Å²) in [7, 11) is 0. The first-order valence-corrected chi connectivity index (χ1v) is 11.5. The van der Waals surface area contributed by atoms with Gasteiger partial charge in [-0.25, -0.2) is 0 Å². The molecule has 0 aliphatic heterocycles. The van der Waals surface area contributed by atoms with Gasteiger partial charge in [-0.3, -0.25) is 9.59 Å². The standard InChI is InChI=1S/C14H22O.C12H22O4/c1-13(2,3)10-8-7-9-11(12(10)15)14(4,5)6;1-3-11(13)15-9-7-5-6-8-10-16-12(14)4-2/h7-9,15H,1-6H3;3-10H2,1-2H3. The molecule has 0 aliphatic rings. The van der Waals surface area contributed by atoms with E-state index in [-0.39, 0.29) is 22.8 Å². The zero-order valence-corrected chi connectivity index (χ0v) is 21.0. The quantitative estimate of drug-likeness (QED) is 0.356. The van der Waals surface area contributed by atoms with Gasteiger partial charge >= 0.3 is 11.9 Å². The minimum atomic E-state index is -0.142. The van der Waals surface area contributed by atoms with Crippen molar-refractivity contribution in [2.45, 2.75) is 105 Å². The summed E-state index contributed by atoms with van der Waals surface area (Å²) in [6.45, 7) is 17.3. The number of hydrogen-bond acceptors (Lipinski definition) is 5. The predicted octanol–water partition coefficient (Wildman–Crippen LogP) is 6.44. The van der Waals surface area contributed by atoms with Crippen LogP contribution in [-0.2, 0) is 29.9 Å². The molecule has 0 saturated heterocycles. The number of esters is 2. The molecule has 0 radical (unpaired) electrons. The molecule has 1 aromatic carbocycles. The van der Waals surface area contributed by atoms with Gasteiger partial charge in [-0.05, 0) is 47.6 Å². The highest BCUT2D eigenvalue weighted by atomic mass is 16.5. The molecule has 1 aromatic rings. The summed E-state index contributed by atoms with van der Waals surface area (Å²) < 4.78 is 9.86. The van der Waals surface area contributed by atoms with Crippen molar-refractivity contribution in [3.63, 3.8) is 0 Å². The number of carbonyl (C=O) groups excluding carboxylic acids is 2. The zero-order valence-electron chi connectivity index (χ0n) is 21.0. The summed E-state index contributed by atoms with van der Waals surface area (Å²) in [5.41, 5.74) is 2.03. The van der Waals surface area contributed by atoms with Gasteiger partial charge in [0.05, 0.1) is 13.2 Å². The zero-order chi connectivity index (χ0) is 24.1. The number of rotatable bonds is 9. The van der Waals surface area contributed by atoms with Gasteiger partial charge in [0.25, 0.3) is 0 Å². The van der Waals surface area contributed by atoms with Crippen LogP contribution >= 0.6 is 0 Å². The first-order valence-electron chi connectivity index (χ1n) is 11.5. The molecule has 31 heavy (non-hydrogen) atoms. The van der Waals surface area contributed by atoms with Crippen LogP contribution < -0.4 is 0 Å². The van der Waals surface area contributed by atoms with Crippen molar-refractivity contribution in [1.29, 1.82) is 0 Å². The Balaban J connectivity index is 0.000000581. The smallest absolute Gasteiger partial charge is 0.305 e. The summed E-state index contributed by atoms with van der Waals surface area (Å²) in [6, 6.07) is 6.04. The van der Waals surface area contributed by atoms with E-state index in [1.807, 2.05) is 18.2 Å². The van der Waals surface area contributed by atoms with E-state index in [4.69, 9.17) is 9.47 Å². The molecule has 0 amide bonds. The second-order valence-electron chi connectivity index (χ2n) is 9.76. The van der Waals surface area contributed by atoms with Gasteiger partial charge in [0.1, 0.15) is 5.75 Å². The normalized spacial score (nSPS) is 11.4. The Morgan fingerprint density at radius 3 is 1.39 bits per heavy atom. The molecule has 0 unspecified atom stereocenters. The molecule has 0 heterocycles. The highest BCUT2D eigenvalue weighted by molar-refractivity contribution is 5.69. The molecule has 0 saturated carbocycles. The minimum absolute atomic E-state index is 0.00859. The van der Waals surface area contributed by atoms with E-state index in [2.05, 4.69) is 41.5 Å². The van der Waals surface area contributed by atoms with Crippen LogP contribution in [0.3, 0.4) is 0 Å². The van der Waals surface area contributed by atoms with Crippen LogP contribution in [0.4, 0.5) is 0 Å². The molecule has 5 heteroatoms. The van der Waals surface area contributed by atoms with Crippen LogP contribution in [0.1, 0.15) is 105 Å². The predicted molar refractivity (Wildman–Crippen MR) is 126 cm³/mol. The van der Waals surface area contributed by atoms with E-state index in [9.17, 15) is 14.7 Å². The number of benzene rings is 1. The minimum Gasteiger partial charge on any atom is -0.507 e. The molecule has 5 nitrogen and oxygen atoms in total. The Hall–Kier alpha value is -2.04. The van der Waals surface area contributed by atoms with Gasteiger partial charge in [-0.1, -0.05) is 73.6 Å².